The van der Waals surface area contributed by atoms with Crippen molar-refractivity contribution >= 4 is 29.2 Å². The first-order chi connectivity index (χ1) is 15.8. The third-order valence-electron chi connectivity index (χ3n) is 5.70. The lowest BCUT2D eigenvalue weighted by Crippen LogP contribution is -2.67. The Morgan fingerprint density at radius 1 is 1.30 bits per heavy atom. The van der Waals surface area contributed by atoms with Crippen molar-refractivity contribution in [1.82, 2.24) is 9.97 Å². The second kappa shape index (κ2) is 9.44. The van der Waals surface area contributed by atoms with E-state index in [4.69, 9.17) is 32.1 Å². The highest BCUT2D eigenvalue weighted by atomic mass is 16.6. The zero-order valence-electron chi connectivity index (χ0n) is 19.0. The lowest BCUT2D eigenvalue weighted by atomic mass is 9.80. The molecule has 0 amide bonds. The van der Waals surface area contributed by atoms with E-state index in [0.717, 1.165) is 0 Å². The molecule has 33 heavy (non-hydrogen) atoms. The molecular formula is C23H27N5O5. The minimum atomic E-state index is -2.06. The number of likely N-dealkylation sites (N-methyl/N-ethyl adjacent to an activating group) is 1. The number of anilines is 3. The number of hydrogen-bond donors (Lipinski definition) is 2. The molecule has 2 aromatic rings. The highest BCUT2D eigenvalue weighted by Gasteiger charge is 2.61. The van der Waals surface area contributed by atoms with Crippen molar-refractivity contribution < 1.29 is 23.8 Å². The van der Waals surface area contributed by atoms with Gasteiger partial charge in [-0.15, -0.1) is 6.42 Å². The highest BCUT2D eigenvalue weighted by Crippen LogP contribution is 2.42. The third kappa shape index (κ3) is 3.75. The van der Waals surface area contributed by atoms with Crippen molar-refractivity contribution in [2.75, 3.05) is 43.7 Å². The third-order valence-corrected chi connectivity index (χ3v) is 5.70. The number of ether oxygens (including phenoxy) is 3. The summed E-state index contributed by atoms with van der Waals surface area (Å²) in [4.78, 5) is 37.0. The molecule has 2 heterocycles. The second-order valence-corrected chi connectivity index (χ2v) is 7.31. The molecule has 0 aliphatic carbocycles. The Morgan fingerprint density at radius 2 is 2.03 bits per heavy atom. The number of nitrogens with zero attached hydrogens (tertiary/aromatic N) is 3. The zero-order valence-corrected chi connectivity index (χ0v) is 19.0. The standard InChI is InChI=1S/C23H27N5O5/c1-6-13-9-10-16-17(15(13)11-14-12-26-22(25)27-19(14)24)18(29)23(32-5,21(30)33-8-3)20(31-4)28(16)7-2/h1,9-10,12,20H,7-8,11H2,2-5H3,(H4,24,25,26,27). The quantitative estimate of drug-likeness (QED) is 0.356. The summed E-state index contributed by atoms with van der Waals surface area (Å²) >= 11 is 0. The molecule has 174 valence electrons. The van der Waals surface area contributed by atoms with Gasteiger partial charge in [-0.2, -0.15) is 4.98 Å². The maximum Gasteiger partial charge on any atom is 0.351 e. The van der Waals surface area contributed by atoms with E-state index < -0.39 is 23.6 Å². The smallest absolute Gasteiger partial charge is 0.351 e. The number of aromatic nitrogens is 2. The number of Topliss-reactive ketones (excluding diaryl/α,β-unsaturated/α-hetero) is 1. The summed E-state index contributed by atoms with van der Waals surface area (Å²) in [5, 5.41) is 0. The van der Waals surface area contributed by atoms with Crippen LogP contribution in [0.4, 0.5) is 17.5 Å². The number of carbonyl (C=O) groups is 2. The van der Waals surface area contributed by atoms with E-state index in [1.807, 2.05) is 6.92 Å². The van der Waals surface area contributed by atoms with Gasteiger partial charge in [-0.3, -0.25) is 4.79 Å². The van der Waals surface area contributed by atoms with Crippen molar-refractivity contribution in [1.29, 1.82) is 0 Å². The Morgan fingerprint density at radius 3 is 2.58 bits per heavy atom. The van der Waals surface area contributed by atoms with Crippen LogP contribution < -0.4 is 16.4 Å². The number of methoxy groups -OCH3 is 2. The molecule has 1 aliphatic heterocycles. The molecule has 0 saturated heterocycles. The molecule has 1 aromatic heterocycles. The molecule has 4 N–H and O–H groups in total. The lowest BCUT2D eigenvalue weighted by Gasteiger charge is -2.46. The van der Waals surface area contributed by atoms with Crippen molar-refractivity contribution in [3.8, 4) is 12.3 Å². The number of ketones is 1. The molecule has 2 unspecified atom stereocenters. The minimum Gasteiger partial charge on any atom is -0.463 e. The largest absolute Gasteiger partial charge is 0.463 e. The van der Waals surface area contributed by atoms with Gasteiger partial charge >= 0.3 is 5.97 Å². The fourth-order valence-electron chi connectivity index (χ4n) is 4.19. The molecule has 0 bridgehead atoms. The Bertz CT molecular complexity index is 1130. The number of rotatable bonds is 7. The number of terminal acetylenes is 1. The first-order valence-corrected chi connectivity index (χ1v) is 10.4. The van der Waals surface area contributed by atoms with Gasteiger partial charge < -0.3 is 30.6 Å². The van der Waals surface area contributed by atoms with Crippen LogP contribution in [0.3, 0.4) is 0 Å². The van der Waals surface area contributed by atoms with Gasteiger partial charge in [0.15, 0.2) is 6.23 Å². The normalized spacial score (nSPS) is 19.7. The molecule has 3 rings (SSSR count). The summed E-state index contributed by atoms with van der Waals surface area (Å²) < 4.78 is 16.5. The highest BCUT2D eigenvalue weighted by molar-refractivity contribution is 6.21. The summed E-state index contributed by atoms with van der Waals surface area (Å²) in [5.41, 5.74) is 11.8. The van der Waals surface area contributed by atoms with Gasteiger partial charge in [0, 0.05) is 50.1 Å². The SMILES string of the molecule is C#Cc1ccc2c(c1Cc1cnc(N)nc1N)C(=O)C(OC)(C(=O)OCC)C(OC)N2CC. The zero-order chi connectivity index (χ0) is 24.3. The molecule has 2 atom stereocenters. The van der Waals surface area contributed by atoms with Gasteiger partial charge in [-0.25, -0.2) is 9.78 Å². The maximum atomic E-state index is 14.1. The molecule has 1 aromatic carbocycles. The number of esters is 1. The van der Waals surface area contributed by atoms with E-state index >= 15 is 0 Å². The van der Waals surface area contributed by atoms with Crippen LogP contribution in [0.5, 0.6) is 0 Å². The van der Waals surface area contributed by atoms with Crippen LogP contribution in [-0.4, -0.2) is 60.9 Å². The second-order valence-electron chi connectivity index (χ2n) is 7.31. The Hall–Kier alpha value is -3.68. The lowest BCUT2D eigenvalue weighted by molar-refractivity contribution is -0.177. The molecule has 0 saturated carbocycles. The van der Waals surface area contributed by atoms with Gasteiger partial charge in [-0.05, 0) is 31.5 Å². The first kappa shape index (κ1) is 24.0. The average Bonchev–Trinajstić information content (AvgIpc) is 2.80. The van der Waals surface area contributed by atoms with E-state index in [-0.39, 0.29) is 30.4 Å². The number of carbonyl (C=O) groups excluding carboxylic acids is 2. The summed E-state index contributed by atoms with van der Waals surface area (Å²) in [6.07, 6.45) is 6.33. The predicted molar refractivity (Wildman–Crippen MR) is 123 cm³/mol. The van der Waals surface area contributed by atoms with Crippen LogP contribution in [-0.2, 0) is 25.4 Å². The monoisotopic (exact) mass is 453 g/mol. The van der Waals surface area contributed by atoms with E-state index in [1.165, 1.54) is 20.4 Å². The van der Waals surface area contributed by atoms with Crippen LogP contribution in [0, 0.1) is 12.3 Å². The van der Waals surface area contributed by atoms with E-state index in [9.17, 15) is 9.59 Å². The Kier molecular flexibility index (Phi) is 6.86. The van der Waals surface area contributed by atoms with E-state index in [2.05, 4.69) is 15.9 Å². The van der Waals surface area contributed by atoms with Gasteiger partial charge in [0.05, 0.1) is 12.3 Å². The summed E-state index contributed by atoms with van der Waals surface area (Å²) in [5.74, 6) is 1.34. The molecule has 0 radical (unpaired) electrons. The number of nitrogen functional groups attached to an aromatic ring is 2. The van der Waals surface area contributed by atoms with Crippen LogP contribution in [0.1, 0.15) is 40.9 Å². The predicted octanol–water partition coefficient (Wildman–Crippen LogP) is 1.16. The summed E-state index contributed by atoms with van der Waals surface area (Å²) in [6.45, 7) is 3.99. The number of hydrogen-bond acceptors (Lipinski definition) is 10. The topological polar surface area (TPSA) is 143 Å². The molecule has 0 fully saturated rings. The Labute approximate surface area is 192 Å². The fourth-order valence-corrected chi connectivity index (χ4v) is 4.19. The van der Waals surface area contributed by atoms with E-state index in [0.29, 0.717) is 28.9 Å². The maximum absolute atomic E-state index is 14.1. The van der Waals surface area contributed by atoms with Crippen LogP contribution in [0.2, 0.25) is 0 Å². The van der Waals surface area contributed by atoms with E-state index in [1.54, 1.807) is 24.0 Å². The van der Waals surface area contributed by atoms with Crippen molar-refractivity contribution in [3.63, 3.8) is 0 Å². The number of fused-ring (bicyclic) bond motifs is 1. The minimum absolute atomic E-state index is 0.0281. The molecule has 10 nitrogen and oxygen atoms in total. The van der Waals surface area contributed by atoms with Gasteiger partial charge in [0.25, 0.3) is 5.60 Å². The van der Waals surface area contributed by atoms with Crippen molar-refractivity contribution in [2.24, 2.45) is 0 Å². The summed E-state index contributed by atoms with van der Waals surface area (Å²) in [6, 6.07) is 3.46. The van der Waals surface area contributed by atoms with Gasteiger partial charge in [-0.1, -0.05) is 5.92 Å². The van der Waals surface area contributed by atoms with Gasteiger partial charge in [0.1, 0.15) is 5.82 Å². The average molecular weight is 453 g/mol. The van der Waals surface area contributed by atoms with Crippen LogP contribution in [0.15, 0.2) is 18.3 Å². The van der Waals surface area contributed by atoms with Crippen LogP contribution >= 0.6 is 0 Å². The number of nitrogens with two attached hydrogens (primary N) is 2. The summed E-state index contributed by atoms with van der Waals surface area (Å²) in [7, 11) is 2.68. The van der Waals surface area contributed by atoms with Crippen molar-refractivity contribution in [2.45, 2.75) is 32.1 Å². The Balaban J connectivity index is 2.32. The van der Waals surface area contributed by atoms with Crippen LogP contribution in [0.25, 0.3) is 0 Å². The van der Waals surface area contributed by atoms with Crippen molar-refractivity contribution in [3.05, 3.63) is 40.6 Å². The fraction of sp³-hybridized carbons (Fsp3) is 0.391. The molecule has 1 aliphatic rings. The molecular weight excluding hydrogens is 426 g/mol. The molecule has 0 spiro atoms. The molecule has 10 heteroatoms. The number of benzene rings is 1. The first-order valence-electron chi connectivity index (χ1n) is 10.4. The van der Waals surface area contributed by atoms with Gasteiger partial charge in [0.2, 0.25) is 11.7 Å².